The van der Waals surface area contributed by atoms with Gasteiger partial charge in [-0.05, 0) is 52.4 Å². The van der Waals surface area contributed by atoms with Gasteiger partial charge in [-0.2, -0.15) is 0 Å². The number of carboxylic acid groups (broad SMARTS) is 1. The normalized spacial score (nSPS) is 29.8. The Morgan fingerprint density at radius 3 is 2.65 bits per heavy atom. The summed E-state index contributed by atoms with van der Waals surface area (Å²) in [6.07, 6.45) is 3.87. The molecule has 1 unspecified atom stereocenters. The Balaban J connectivity index is 1.92. The molecule has 2 saturated heterocycles. The van der Waals surface area contributed by atoms with Gasteiger partial charge in [0.05, 0.1) is 6.61 Å². The number of likely N-dealkylation sites (tertiary alicyclic amines) is 1. The van der Waals surface area contributed by atoms with E-state index in [-0.39, 0.29) is 0 Å². The van der Waals surface area contributed by atoms with E-state index in [9.17, 15) is 9.90 Å². The number of hydrogen-bond acceptors (Lipinski definition) is 4. The topological polar surface area (TPSA) is 53.0 Å². The summed E-state index contributed by atoms with van der Waals surface area (Å²) >= 11 is 0. The van der Waals surface area contributed by atoms with Crippen LogP contribution in [-0.4, -0.2) is 73.4 Å². The van der Waals surface area contributed by atoms with Crippen molar-refractivity contribution in [1.82, 2.24) is 9.80 Å². The van der Waals surface area contributed by atoms with Crippen molar-refractivity contribution in [3.05, 3.63) is 0 Å². The van der Waals surface area contributed by atoms with E-state index in [4.69, 9.17) is 4.74 Å². The average molecular weight is 284 g/mol. The minimum absolute atomic E-state index is 0.362. The second-order valence-electron chi connectivity index (χ2n) is 6.32. The van der Waals surface area contributed by atoms with Gasteiger partial charge in [0.2, 0.25) is 0 Å². The zero-order valence-corrected chi connectivity index (χ0v) is 12.8. The van der Waals surface area contributed by atoms with E-state index in [1.807, 2.05) is 0 Å². The van der Waals surface area contributed by atoms with Gasteiger partial charge in [-0.15, -0.1) is 0 Å². The molecule has 0 bridgehead atoms. The molecule has 0 radical (unpaired) electrons. The van der Waals surface area contributed by atoms with E-state index >= 15 is 0 Å². The van der Waals surface area contributed by atoms with Crippen LogP contribution in [0.1, 0.15) is 32.6 Å². The van der Waals surface area contributed by atoms with Crippen molar-refractivity contribution in [2.24, 2.45) is 5.41 Å². The van der Waals surface area contributed by atoms with E-state index in [0.717, 1.165) is 45.3 Å². The number of piperidine rings is 1. The summed E-state index contributed by atoms with van der Waals surface area (Å²) in [4.78, 5) is 16.4. The van der Waals surface area contributed by atoms with E-state index in [1.54, 1.807) is 0 Å². The van der Waals surface area contributed by atoms with Crippen LogP contribution in [-0.2, 0) is 9.53 Å². The molecule has 2 heterocycles. The van der Waals surface area contributed by atoms with Gasteiger partial charge in [0.15, 0.2) is 0 Å². The Kier molecular flexibility index (Phi) is 5.41. The van der Waals surface area contributed by atoms with Crippen LogP contribution in [0.25, 0.3) is 0 Å². The maximum absolute atomic E-state index is 11.7. The smallest absolute Gasteiger partial charge is 0.313 e. The lowest BCUT2D eigenvalue weighted by Crippen LogP contribution is -2.52. The van der Waals surface area contributed by atoms with Crippen molar-refractivity contribution in [2.75, 3.05) is 46.4 Å². The van der Waals surface area contributed by atoms with Crippen LogP contribution in [0.5, 0.6) is 0 Å². The second kappa shape index (κ2) is 6.87. The molecule has 0 aliphatic carbocycles. The predicted octanol–water partition coefficient (Wildman–Crippen LogP) is 1.28. The first-order chi connectivity index (χ1) is 9.57. The quantitative estimate of drug-likeness (QED) is 0.824. The van der Waals surface area contributed by atoms with Crippen molar-refractivity contribution < 1.29 is 14.6 Å². The molecule has 1 N–H and O–H groups in total. The number of aliphatic carboxylic acids is 1. The summed E-state index contributed by atoms with van der Waals surface area (Å²) in [5, 5.41) is 9.60. The lowest BCUT2D eigenvalue weighted by atomic mass is 9.81. The molecule has 5 nitrogen and oxygen atoms in total. The molecule has 2 rings (SSSR count). The SMILES string of the molecule is CCN1CCC(N(C)CC2(C(=O)O)CCCOC2)CC1. The summed E-state index contributed by atoms with van der Waals surface area (Å²) in [6.45, 7) is 7.24. The maximum atomic E-state index is 11.7. The predicted molar refractivity (Wildman–Crippen MR) is 77.9 cm³/mol. The molecule has 5 heteroatoms. The first-order valence-corrected chi connectivity index (χ1v) is 7.81. The summed E-state index contributed by atoms with van der Waals surface area (Å²) in [6, 6.07) is 0.510. The minimum Gasteiger partial charge on any atom is -0.481 e. The standard InChI is InChI=1S/C15H28N2O3/c1-3-17-8-5-13(6-9-17)16(2)11-15(14(18)19)7-4-10-20-12-15/h13H,3-12H2,1-2H3,(H,18,19). The van der Waals surface area contributed by atoms with Gasteiger partial charge in [0, 0.05) is 19.2 Å². The molecular formula is C15H28N2O3. The first-order valence-electron chi connectivity index (χ1n) is 7.81. The van der Waals surface area contributed by atoms with Gasteiger partial charge in [-0.25, -0.2) is 0 Å². The molecule has 0 spiro atoms. The molecule has 0 saturated carbocycles. The highest BCUT2D eigenvalue weighted by Crippen LogP contribution is 2.31. The van der Waals surface area contributed by atoms with Crippen LogP contribution in [0, 0.1) is 5.41 Å². The van der Waals surface area contributed by atoms with E-state index in [2.05, 4.69) is 23.8 Å². The van der Waals surface area contributed by atoms with Crippen molar-refractivity contribution in [3.8, 4) is 0 Å². The maximum Gasteiger partial charge on any atom is 0.313 e. The molecule has 1 atom stereocenters. The Morgan fingerprint density at radius 2 is 2.15 bits per heavy atom. The second-order valence-corrected chi connectivity index (χ2v) is 6.32. The highest BCUT2D eigenvalue weighted by molar-refractivity contribution is 5.75. The fourth-order valence-electron chi connectivity index (χ4n) is 3.50. The van der Waals surface area contributed by atoms with Crippen molar-refractivity contribution in [3.63, 3.8) is 0 Å². The van der Waals surface area contributed by atoms with Gasteiger partial charge in [-0.1, -0.05) is 6.92 Å². The van der Waals surface area contributed by atoms with Crippen LogP contribution in [0.2, 0.25) is 0 Å². The Hall–Kier alpha value is -0.650. The monoisotopic (exact) mass is 284 g/mol. The molecule has 20 heavy (non-hydrogen) atoms. The lowest BCUT2D eigenvalue weighted by Gasteiger charge is -2.41. The largest absolute Gasteiger partial charge is 0.481 e. The molecule has 2 fully saturated rings. The van der Waals surface area contributed by atoms with Crippen LogP contribution < -0.4 is 0 Å². The minimum atomic E-state index is -0.700. The number of carboxylic acids is 1. The molecule has 0 aromatic rings. The number of hydrogen-bond donors (Lipinski definition) is 1. The lowest BCUT2D eigenvalue weighted by molar-refractivity contribution is -0.159. The Bertz CT molecular complexity index is 321. The van der Waals surface area contributed by atoms with E-state index in [0.29, 0.717) is 25.8 Å². The number of nitrogens with zero attached hydrogens (tertiary/aromatic N) is 2. The van der Waals surface area contributed by atoms with Gasteiger partial charge >= 0.3 is 5.97 Å². The molecule has 116 valence electrons. The van der Waals surface area contributed by atoms with Gasteiger partial charge in [-0.3, -0.25) is 4.79 Å². The first kappa shape index (κ1) is 15.7. The van der Waals surface area contributed by atoms with Crippen molar-refractivity contribution >= 4 is 5.97 Å². The fraction of sp³-hybridized carbons (Fsp3) is 0.933. The highest BCUT2D eigenvalue weighted by Gasteiger charge is 2.42. The van der Waals surface area contributed by atoms with Crippen molar-refractivity contribution in [2.45, 2.75) is 38.6 Å². The zero-order valence-electron chi connectivity index (χ0n) is 12.8. The third-order valence-electron chi connectivity index (χ3n) is 4.96. The third-order valence-corrected chi connectivity index (χ3v) is 4.96. The van der Waals surface area contributed by atoms with Crippen LogP contribution in [0.4, 0.5) is 0 Å². The Morgan fingerprint density at radius 1 is 1.45 bits per heavy atom. The van der Waals surface area contributed by atoms with E-state index in [1.165, 1.54) is 0 Å². The highest BCUT2D eigenvalue weighted by atomic mass is 16.5. The van der Waals surface area contributed by atoms with Gasteiger partial charge in [0.1, 0.15) is 5.41 Å². The van der Waals surface area contributed by atoms with Gasteiger partial charge < -0.3 is 19.6 Å². The Labute approximate surface area is 121 Å². The van der Waals surface area contributed by atoms with Crippen LogP contribution in [0.3, 0.4) is 0 Å². The van der Waals surface area contributed by atoms with E-state index < -0.39 is 11.4 Å². The van der Waals surface area contributed by atoms with Crippen LogP contribution >= 0.6 is 0 Å². The van der Waals surface area contributed by atoms with Crippen LogP contribution in [0.15, 0.2) is 0 Å². The molecule has 0 amide bonds. The fourth-order valence-corrected chi connectivity index (χ4v) is 3.50. The summed E-state index contributed by atoms with van der Waals surface area (Å²) in [7, 11) is 2.07. The van der Waals surface area contributed by atoms with Crippen molar-refractivity contribution in [1.29, 1.82) is 0 Å². The number of carbonyl (C=O) groups is 1. The zero-order chi connectivity index (χ0) is 14.6. The number of ether oxygens (including phenoxy) is 1. The summed E-state index contributed by atoms with van der Waals surface area (Å²) in [5.74, 6) is -0.699. The molecule has 0 aromatic heterocycles. The summed E-state index contributed by atoms with van der Waals surface area (Å²) in [5.41, 5.74) is -0.700. The summed E-state index contributed by atoms with van der Waals surface area (Å²) < 4.78 is 5.45. The van der Waals surface area contributed by atoms with Gasteiger partial charge in [0.25, 0.3) is 0 Å². The molecule has 2 aliphatic rings. The molecule has 2 aliphatic heterocycles. The third kappa shape index (κ3) is 3.51. The molecule has 0 aromatic carbocycles. The average Bonchev–Trinajstić information content (AvgIpc) is 2.48. The number of rotatable bonds is 5. The molecular weight excluding hydrogens is 256 g/mol.